The number of ether oxygens (including phenoxy) is 1. The first kappa shape index (κ1) is 19.1. The highest BCUT2D eigenvalue weighted by atomic mass is 35.5. The summed E-state index contributed by atoms with van der Waals surface area (Å²) in [6.07, 6.45) is 0.0930. The number of hydrogen-bond acceptors (Lipinski definition) is 3. The molecule has 2 aromatic rings. The molecule has 0 bridgehead atoms. The van der Waals surface area contributed by atoms with E-state index < -0.39 is 17.8 Å². The van der Waals surface area contributed by atoms with Crippen LogP contribution in [0.25, 0.3) is 0 Å². The van der Waals surface area contributed by atoms with Crippen LogP contribution in [0.4, 0.5) is 5.69 Å². The second-order valence-corrected chi connectivity index (χ2v) is 6.28. The molecule has 0 spiro atoms. The molecule has 0 fully saturated rings. The molecule has 2 aromatic carbocycles. The summed E-state index contributed by atoms with van der Waals surface area (Å²) >= 11 is 11.7. The first-order valence-electron chi connectivity index (χ1n) is 7.49. The molecule has 0 radical (unpaired) electrons. The molecule has 0 aromatic heterocycles. The molecule has 0 aliphatic carbocycles. The number of carbonyl (C=O) groups excluding carboxylic acids is 1. The van der Waals surface area contributed by atoms with Crippen LogP contribution in [0.3, 0.4) is 0 Å². The average molecular weight is 382 g/mol. The molecule has 1 atom stereocenters. The van der Waals surface area contributed by atoms with Crippen molar-refractivity contribution in [3.63, 3.8) is 0 Å². The number of aliphatic carboxylic acids is 1. The number of amides is 1. The normalized spacial score (nSPS) is 11.6. The molecule has 5 nitrogen and oxygen atoms in total. The van der Waals surface area contributed by atoms with Gasteiger partial charge in [0.05, 0.1) is 23.1 Å². The standard InChI is InChI=1S/C18H17Cl2NO4/c1-25-14-5-2-11(3-6-14)8-12(18(23)24)9-17(22)21-13-4-7-15(19)16(20)10-13/h2-7,10,12H,8-9H2,1H3,(H,21,22)(H,23,24)/t12-/m0/s1. The van der Waals surface area contributed by atoms with Crippen LogP contribution in [0, 0.1) is 5.92 Å². The molecule has 0 aliphatic heterocycles. The molecule has 25 heavy (non-hydrogen) atoms. The highest BCUT2D eigenvalue weighted by molar-refractivity contribution is 6.42. The Bertz CT molecular complexity index is 762. The van der Waals surface area contributed by atoms with Gasteiger partial charge in [0, 0.05) is 12.1 Å². The number of rotatable bonds is 7. The third-order valence-corrected chi connectivity index (χ3v) is 4.36. The molecule has 0 heterocycles. The van der Waals surface area contributed by atoms with E-state index in [1.54, 1.807) is 43.5 Å². The monoisotopic (exact) mass is 381 g/mol. The van der Waals surface area contributed by atoms with Crippen molar-refractivity contribution < 1.29 is 19.4 Å². The van der Waals surface area contributed by atoms with Crippen LogP contribution < -0.4 is 10.1 Å². The lowest BCUT2D eigenvalue weighted by Crippen LogP contribution is -2.24. The van der Waals surface area contributed by atoms with Gasteiger partial charge in [-0.25, -0.2) is 0 Å². The van der Waals surface area contributed by atoms with Gasteiger partial charge in [-0.1, -0.05) is 35.3 Å². The van der Waals surface area contributed by atoms with Crippen molar-refractivity contribution in [1.82, 2.24) is 0 Å². The van der Waals surface area contributed by atoms with E-state index in [1.807, 2.05) is 0 Å². The van der Waals surface area contributed by atoms with Crippen LogP contribution in [0.2, 0.25) is 10.0 Å². The van der Waals surface area contributed by atoms with E-state index in [9.17, 15) is 14.7 Å². The van der Waals surface area contributed by atoms with E-state index >= 15 is 0 Å². The molecular formula is C18H17Cl2NO4. The van der Waals surface area contributed by atoms with Gasteiger partial charge < -0.3 is 15.2 Å². The second kappa shape index (κ2) is 8.74. The fourth-order valence-electron chi connectivity index (χ4n) is 2.30. The molecule has 0 saturated carbocycles. The molecular weight excluding hydrogens is 365 g/mol. The number of carboxylic acids is 1. The Morgan fingerprint density at radius 2 is 1.80 bits per heavy atom. The first-order chi connectivity index (χ1) is 11.9. The van der Waals surface area contributed by atoms with E-state index in [0.717, 1.165) is 5.56 Å². The molecule has 2 N–H and O–H groups in total. The van der Waals surface area contributed by atoms with Gasteiger partial charge in [-0.3, -0.25) is 9.59 Å². The highest BCUT2D eigenvalue weighted by Gasteiger charge is 2.22. The summed E-state index contributed by atoms with van der Waals surface area (Å²) in [4.78, 5) is 23.6. The van der Waals surface area contributed by atoms with Crippen LogP contribution in [-0.4, -0.2) is 24.1 Å². The quantitative estimate of drug-likeness (QED) is 0.750. The van der Waals surface area contributed by atoms with Crippen molar-refractivity contribution in [3.05, 3.63) is 58.1 Å². The van der Waals surface area contributed by atoms with Crippen molar-refractivity contribution >= 4 is 40.8 Å². The minimum atomic E-state index is -1.03. The van der Waals surface area contributed by atoms with Crippen LogP contribution in [0.1, 0.15) is 12.0 Å². The van der Waals surface area contributed by atoms with Gasteiger partial charge >= 0.3 is 5.97 Å². The van der Waals surface area contributed by atoms with Crippen LogP contribution in [-0.2, 0) is 16.0 Å². The van der Waals surface area contributed by atoms with Crippen molar-refractivity contribution in [3.8, 4) is 5.75 Å². The molecule has 0 aliphatic rings. The SMILES string of the molecule is COc1ccc(C[C@@H](CC(=O)Nc2ccc(Cl)c(Cl)c2)C(=O)O)cc1. The number of carbonyl (C=O) groups is 2. The van der Waals surface area contributed by atoms with Gasteiger partial charge in [-0.05, 0) is 42.3 Å². The smallest absolute Gasteiger partial charge is 0.307 e. The summed E-state index contributed by atoms with van der Waals surface area (Å²) in [5.41, 5.74) is 1.28. The van der Waals surface area contributed by atoms with E-state index in [1.165, 1.54) is 6.07 Å². The average Bonchev–Trinajstić information content (AvgIpc) is 2.58. The third kappa shape index (κ3) is 5.66. The summed E-state index contributed by atoms with van der Waals surface area (Å²) in [5, 5.41) is 12.7. The number of halogens is 2. The minimum Gasteiger partial charge on any atom is -0.497 e. The summed E-state index contributed by atoms with van der Waals surface area (Å²) in [5.74, 6) is -1.58. The Balaban J connectivity index is 2.00. The van der Waals surface area contributed by atoms with Crippen molar-refractivity contribution in [2.24, 2.45) is 5.92 Å². The first-order valence-corrected chi connectivity index (χ1v) is 8.25. The largest absolute Gasteiger partial charge is 0.497 e. The van der Waals surface area contributed by atoms with Crippen molar-refractivity contribution in [2.75, 3.05) is 12.4 Å². The Morgan fingerprint density at radius 1 is 1.12 bits per heavy atom. The number of methoxy groups -OCH3 is 1. The minimum absolute atomic E-state index is 0.151. The van der Waals surface area contributed by atoms with Gasteiger partial charge in [0.15, 0.2) is 0 Å². The van der Waals surface area contributed by atoms with E-state index in [0.29, 0.717) is 21.5 Å². The lowest BCUT2D eigenvalue weighted by atomic mass is 9.96. The van der Waals surface area contributed by atoms with E-state index in [4.69, 9.17) is 27.9 Å². The Kier molecular flexibility index (Phi) is 6.67. The maximum atomic E-state index is 12.1. The van der Waals surface area contributed by atoms with Gasteiger partial charge in [0.2, 0.25) is 5.91 Å². The van der Waals surface area contributed by atoms with E-state index in [-0.39, 0.29) is 12.8 Å². The molecule has 132 valence electrons. The predicted molar refractivity (Wildman–Crippen MR) is 97.5 cm³/mol. The summed E-state index contributed by atoms with van der Waals surface area (Å²) < 4.78 is 5.07. The lowest BCUT2D eigenvalue weighted by molar-refractivity contribution is -0.143. The van der Waals surface area contributed by atoms with Gasteiger partial charge in [-0.2, -0.15) is 0 Å². The van der Waals surface area contributed by atoms with Gasteiger partial charge in [-0.15, -0.1) is 0 Å². The maximum absolute atomic E-state index is 12.1. The van der Waals surface area contributed by atoms with Crippen LogP contribution in [0.15, 0.2) is 42.5 Å². The second-order valence-electron chi connectivity index (χ2n) is 5.47. The topological polar surface area (TPSA) is 75.6 Å². The highest BCUT2D eigenvalue weighted by Crippen LogP contribution is 2.25. The fourth-order valence-corrected chi connectivity index (χ4v) is 2.60. The Hall–Kier alpha value is -2.24. The Labute approximate surface area is 155 Å². The maximum Gasteiger partial charge on any atom is 0.307 e. The van der Waals surface area contributed by atoms with Gasteiger partial charge in [0.1, 0.15) is 5.75 Å². The summed E-state index contributed by atoms with van der Waals surface area (Å²) in [7, 11) is 1.56. The summed E-state index contributed by atoms with van der Waals surface area (Å²) in [6, 6.07) is 11.8. The predicted octanol–water partition coefficient (Wildman–Crippen LogP) is 4.27. The summed E-state index contributed by atoms with van der Waals surface area (Å²) in [6.45, 7) is 0. The van der Waals surface area contributed by atoms with Gasteiger partial charge in [0.25, 0.3) is 0 Å². The third-order valence-electron chi connectivity index (χ3n) is 3.63. The molecule has 0 saturated heterocycles. The van der Waals surface area contributed by atoms with Crippen molar-refractivity contribution in [2.45, 2.75) is 12.8 Å². The van der Waals surface area contributed by atoms with Crippen LogP contribution >= 0.6 is 23.2 Å². The Morgan fingerprint density at radius 3 is 2.36 bits per heavy atom. The zero-order valence-corrected chi connectivity index (χ0v) is 15.0. The number of benzene rings is 2. The lowest BCUT2D eigenvalue weighted by Gasteiger charge is -2.13. The molecule has 1 amide bonds. The number of hydrogen-bond donors (Lipinski definition) is 2. The number of nitrogens with one attached hydrogen (secondary N) is 1. The zero-order chi connectivity index (χ0) is 18.4. The fraction of sp³-hybridized carbons (Fsp3) is 0.222. The molecule has 7 heteroatoms. The van der Waals surface area contributed by atoms with Crippen molar-refractivity contribution in [1.29, 1.82) is 0 Å². The number of anilines is 1. The number of carboxylic acid groups (broad SMARTS) is 1. The van der Waals surface area contributed by atoms with Crippen LogP contribution in [0.5, 0.6) is 5.75 Å². The zero-order valence-electron chi connectivity index (χ0n) is 13.5. The molecule has 2 rings (SSSR count). The molecule has 0 unspecified atom stereocenters. The van der Waals surface area contributed by atoms with E-state index in [2.05, 4.69) is 5.32 Å².